The first-order valence-electron chi connectivity index (χ1n) is 37.2. The van der Waals surface area contributed by atoms with E-state index in [1.54, 1.807) is 0 Å². The smallest absolute Gasteiger partial charge is 0.466 e. The van der Waals surface area contributed by atoms with Crippen LogP contribution in [0.5, 0.6) is 5.75 Å². The van der Waals surface area contributed by atoms with Crippen molar-refractivity contribution < 1.29 is 80.7 Å². The first-order chi connectivity index (χ1) is 53.4. The van der Waals surface area contributed by atoms with Gasteiger partial charge in [0.2, 0.25) is 0 Å². The Balaban J connectivity index is 0.000000197. The quantitative estimate of drug-likeness (QED) is 0.0112. The number of methoxy groups -OCH3 is 3. The number of nitrogens with zero attached hydrogens (tertiary/aromatic N) is 4. The molecular formula is C89H96F9N5O9S. The fourth-order valence-electron chi connectivity index (χ4n) is 15.1. The van der Waals surface area contributed by atoms with Crippen molar-refractivity contribution in [1.82, 2.24) is 14.7 Å². The molecule has 0 radical (unpaired) electrons. The van der Waals surface area contributed by atoms with Crippen molar-refractivity contribution in [3.63, 3.8) is 0 Å². The molecule has 24 heteroatoms. The number of carbonyl (C=O) groups excluding carboxylic acids is 3. The number of nitrogen functional groups attached to an aromatic ring is 1. The van der Waals surface area contributed by atoms with E-state index in [1.165, 1.54) is 76.8 Å². The van der Waals surface area contributed by atoms with Crippen molar-refractivity contribution in [1.29, 1.82) is 0 Å². The van der Waals surface area contributed by atoms with E-state index in [2.05, 4.69) is 101 Å². The van der Waals surface area contributed by atoms with Gasteiger partial charge in [0.05, 0.1) is 50.9 Å². The van der Waals surface area contributed by atoms with Gasteiger partial charge in [-0.3, -0.25) is 14.7 Å². The highest BCUT2D eigenvalue weighted by atomic mass is 32.2. The summed E-state index contributed by atoms with van der Waals surface area (Å²) in [5.74, 6) is -6.01. The van der Waals surface area contributed by atoms with Crippen LogP contribution in [0.2, 0.25) is 0 Å². The molecule has 600 valence electrons. The second-order valence-electron chi connectivity index (χ2n) is 30.0. The molecule has 0 saturated heterocycles. The zero-order valence-corrected chi connectivity index (χ0v) is 66.8. The van der Waals surface area contributed by atoms with Crippen LogP contribution in [0, 0.1) is 73.4 Å². The number of benzene rings is 8. The van der Waals surface area contributed by atoms with Gasteiger partial charge in [0, 0.05) is 89.5 Å². The largest absolute Gasteiger partial charge is 0.534 e. The lowest BCUT2D eigenvalue weighted by Crippen LogP contribution is -2.45. The number of rotatable bonds is 20. The number of hydrogen-bond acceptors (Lipinski definition) is 14. The van der Waals surface area contributed by atoms with E-state index in [-0.39, 0.29) is 69.4 Å². The molecule has 6 unspecified atom stereocenters. The normalized spacial score (nSPS) is 18.0. The summed E-state index contributed by atoms with van der Waals surface area (Å²) in [6.07, 6.45) is 9.03. The lowest BCUT2D eigenvalue weighted by Gasteiger charge is -2.44. The van der Waals surface area contributed by atoms with Crippen LogP contribution in [-0.2, 0) is 58.0 Å². The minimum atomic E-state index is -5.91. The van der Waals surface area contributed by atoms with Crippen LogP contribution in [0.25, 0.3) is 18.2 Å². The van der Waals surface area contributed by atoms with Crippen molar-refractivity contribution in [3.8, 4) is 5.75 Å². The fourth-order valence-corrected chi connectivity index (χ4v) is 15.6. The predicted octanol–water partition coefficient (Wildman–Crippen LogP) is 19.3. The highest BCUT2D eigenvalue weighted by Crippen LogP contribution is 2.48. The number of anilines is 1. The second kappa shape index (κ2) is 37.2. The van der Waals surface area contributed by atoms with E-state index in [0.29, 0.717) is 48.3 Å². The summed E-state index contributed by atoms with van der Waals surface area (Å²) in [5, 5.41) is 0. The molecule has 8 aromatic rings. The van der Waals surface area contributed by atoms with Gasteiger partial charge >= 0.3 is 33.5 Å². The Morgan fingerprint density at radius 3 is 1.11 bits per heavy atom. The van der Waals surface area contributed by atoms with Crippen molar-refractivity contribution in [3.05, 3.63) is 281 Å². The number of hydrogen-bond donors (Lipinski definition) is 1. The van der Waals surface area contributed by atoms with Gasteiger partial charge < -0.3 is 24.1 Å². The number of esters is 3. The van der Waals surface area contributed by atoms with Crippen LogP contribution in [0.3, 0.4) is 0 Å². The van der Waals surface area contributed by atoms with E-state index in [4.69, 9.17) is 10.7 Å². The summed E-state index contributed by atoms with van der Waals surface area (Å²) in [6, 6.07) is 35.2. The third-order valence-corrected chi connectivity index (χ3v) is 21.4. The number of ether oxygens (including phenoxy) is 3. The minimum Gasteiger partial charge on any atom is -0.466 e. The average Bonchev–Trinajstić information content (AvgIpc) is 0.751. The standard InChI is InChI=1S/C38H38F2N2O2.C26H28F5NO5S.C25H30F2N2O2/c1-24(2)23-42-25(3)20-31-26(4)34(41-37(28-12-8-6-9-13-28)29-14-10-7-11-15-29)18-17-30(31)38(42)36-32(39)21-27(22-33(36)40)16-19-35(43)44-5;1-14(2)13-32-15(3)10-19-16(4)22(37-38(34,35)26(29,30)31)8-7-18(19)25(32)24-20(27)11-17(12-21(24)28)6-9-23(33)36-5;1-14(2)13-29-15(3)10-19-16(4)22(28)8-7-18(19)25(29)24-20(26)11-17(12-21(24)27)6-9-23(30)31-5/h6-19,21-22,24-25,38H,20,23H2,1-5H3;6-9,11-12,14-15,25H,10,13H2,1-5H3;6-9,11-12,14-15,25H,10,13,28H2,1-5H3/b19-16+;2*9-6+. The summed E-state index contributed by atoms with van der Waals surface area (Å²) < 4.78 is 174. The van der Waals surface area contributed by atoms with Gasteiger partial charge in [-0.15, -0.1) is 0 Å². The van der Waals surface area contributed by atoms with E-state index in [9.17, 15) is 36.0 Å². The van der Waals surface area contributed by atoms with Crippen molar-refractivity contribution in [2.75, 3.05) is 46.7 Å². The molecule has 2 N–H and O–H groups in total. The highest BCUT2D eigenvalue weighted by Gasteiger charge is 2.49. The number of fused-ring (bicyclic) bond motifs is 3. The van der Waals surface area contributed by atoms with Gasteiger partial charge in [0.15, 0.2) is 0 Å². The Bertz CT molecular complexity index is 4940. The number of nitrogens with two attached hydrogens (primary N) is 1. The monoisotopic (exact) mass is 1580 g/mol. The fraction of sp³-hybridized carbons (Fsp3) is 0.348. The summed E-state index contributed by atoms with van der Waals surface area (Å²) in [7, 11) is -2.24. The molecule has 0 aliphatic carbocycles. The van der Waals surface area contributed by atoms with Gasteiger partial charge in [-0.2, -0.15) is 21.6 Å². The average molecular weight is 1580 g/mol. The summed E-state index contributed by atoms with van der Waals surface area (Å²) in [5.41, 5.74) is 12.2. The maximum absolute atomic E-state index is 15.9. The second-order valence-corrected chi connectivity index (χ2v) is 31.5. The molecule has 0 spiro atoms. The van der Waals surface area contributed by atoms with Crippen LogP contribution >= 0.6 is 0 Å². The summed E-state index contributed by atoms with van der Waals surface area (Å²) in [6.45, 7) is 25.6. The van der Waals surface area contributed by atoms with Gasteiger partial charge in [0.25, 0.3) is 0 Å². The third kappa shape index (κ3) is 20.3. The molecular weight excluding hydrogens is 1490 g/mol. The Morgan fingerprint density at radius 1 is 0.478 bits per heavy atom. The first kappa shape index (κ1) is 86.8. The Kier molecular flexibility index (Phi) is 28.6. The molecule has 11 rings (SSSR count). The van der Waals surface area contributed by atoms with E-state index < -0.39 is 92.3 Å². The van der Waals surface area contributed by atoms with Crippen molar-refractivity contribution >= 4 is 63.3 Å². The van der Waals surface area contributed by atoms with E-state index in [0.717, 1.165) is 105 Å². The number of alkyl halides is 3. The van der Waals surface area contributed by atoms with Crippen LogP contribution in [0.4, 0.5) is 50.9 Å². The highest BCUT2D eigenvalue weighted by molar-refractivity contribution is 7.88. The van der Waals surface area contributed by atoms with E-state index >= 15 is 26.3 Å². The molecule has 0 aromatic heterocycles. The Labute approximate surface area is 655 Å². The molecule has 14 nitrogen and oxygen atoms in total. The molecule has 0 amide bonds. The minimum absolute atomic E-state index is 0.0126. The third-order valence-electron chi connectivity index (χ3n) is 20.4. The zero-order valence-electron chi connectivity index (χ0n) is 66.0. The molecule has 3 heterocycles. The zero-order chi connectivity index (χ0) is 82.8. The topological polar surface area (TPSA) is 170 Å². The number of carbonyl (C=O) groups is 3. The first-order valence-corrected chi connectivity index (χ1v) is 38.6. The van der Waals surface area contributed by atoms with E-state index in [1.807, 2.05) is 93.3 Å². The Hall–Kier alpha value is -10.1. The molecule has 3 aliphatic heterocycles. The van der Waals surface area contributed by atoms with Crippen LogP contribution in [-0.4, -0.2) is 111 Å². The molecule has 0 bridgehead atoms. The maximum Gasteiger partial charge on any atom is 0.534 e. The molecule has 0 saturated carbocycles. The SMILES string of the molecule is COC(=O)/C=C/c1cc(F)c(C2c3ccc(N)c(C)c3CC(C)N2CC(C)C)c(F)c1.COC(=O)/C=C/c1cc(F)c(C2c3ccc(N=C(c4ccccc4)c4ccccc4)c(C)c3CC(C)N2CC(C)C)c(F)c1.COC(=O)/C=C/c1cc(F)c(C2c3ccc(OS(=O)(=O)C(F)(F)F)c(C)c3CC(C)N2CC(C)C)c(F)c1. The predicted molar refractivity (Wildman–Crippen MR) is 424 cm³/mol. The van der Waals surface area contributed by atoms with Crippen LogP contribution < -0.4 is 9.92 Å². The summed E-state index contributed by atoms with van der Waals surface area (Å²) in [4.78, 5) is 45.8. The Morgan fingerprint density at radius 2 is 0.788 bits per heavy atom. The molecule has 8 aromatic carbocycles. The molecule has 0 fully saturated rings. The lowest BCUT2D eigenvalue weighted by atomic mass is 9.81. The molecule has 113 heavy (non-hydrogen) atoms. The number of aliphatic imine (C=N–C) groups is 1. The molecule has 6 atom stereocenters. The van der Waals surface area contributed by atoms with Gasteiger partial charge in [0.1, 0.15) is 40.7 Å². The van der Waals surface area contributed by atoms with Crippen LogP contribution in [0.1, 0.15) is 175 Å². The van der Waals surface area contributed by atoms with Crippen molar-refractivity contribution in [2.24, 2.45) is 22.7 Å². The number of halogens is 9. The van der Waals surface area contributed by atoms with Crippen molar-refractivity contribution in [2.45, 2.75) is 144 Å². The van der Waals surface area contributed by atoms with Gasteiger partial charge in [-0.1, -0.05) is 120 Å². The molecule has 3 aliphatic rings. The maximum atomic E-state index is 15.9. The lowest BCUT2D eigenvalue weighted by molar-refractivity contribution is -0.135. The summed E-state index contributed by atoms with van der Waals surface area (Å²) >= 11 is 0. The van der Waals surface area contributed by atoms with Gasteiger partial charge in [-0.25, -0.2) is 45.7 Å². The van der Waals surface area contributed by atoms with Crippen LogP contribution in [0.15, 0.2) is 157 Å². The van der Waals surface area contributed by atoms with Gasteiger partial charge in [-0.05, 0) is 218 Å².